The zero-order valence-corrected chi connectivity index (χ0v) is 14.9. The lowest BCUT2D eigenvalue weighted by Gasteiger charge is -2.13. The van der Waals surface area contributed by atoms with Crippen molar-refractivity contribution >= 4 is 23.7 Å². The van der Waals surface area contributed by atoms with Gasteiger partial charge in [-0.2, -0.15) is 13.2 Å². The van der Waals surface area contributed by atoms with E-state index in [1.807, 2.05) is 0 Å². The van der Waals surface area contributed by atoms with Crippen molar-refractivity contribution < 1.29 is 46.9 Å². The average molecular weight is 413 g/mol. The van der Waals surface area contributed by atoms with E-state index in [2.05, 4.69) is 5.32 Å². The Kier molecular flexibility index (Phi) is 12.4. The Hall–Kier alpha value is -2.51. The van der Waals surface area contributed by atoms with Crippen LogP contribution in [0.15, 0.2) is 12.2 Å². The Labute approximate surface area is 158 Å². The minimum absolute atomic E-state index is 0.0821. The molecule has 28 heavy (non-hydrogen) atoms. The first kappa shape index (κ1) is 25.5. The molecule has 0 aliphatic carbocycles. The first-order valence-corrected chi connectivity index (χ1v) is 8.05. The molecule has 0 unspecified atom stereocenters. The van der Waals surface area contributed by atoms with Gasteiger partial charge in [0, 0.05) is 38.2 Å². The molecule has 0 saturated carbocycles. The standard InChI is InChI=1S/C13H21N3O5.C2HF3O2/c14-4-7-20-9-10-21-8-5-15-11(17)3-6-16-12(18)1-2-13(16)19;3-2(4,5)1(6)7/h1-2H,3-10,14H2,(H,15,17);(H,6,7). The Bertz CT molecular complexity index is 550. The fraction of sp³-hybridized carbons (Fsp3) is 0.600. The third kappa shape index (κ3) is 12.0. The van der Waals surface area contributed by atoms with Gasteiger partial charge >= 0.3 is 12.1 Å². The minimum Gasteiger partial charge on any atom is -0.475 e. The van der Waals surface area contributed by atoms with E-state index < -0.39 is 12.1 Å². The van der Waals surface area contributed by atoms with Crippen molar-refractivity contribution in [1.29, 1.82) is 0 Å². The third-order valence-corrected chi connectivity index (χ3v) is 2.91. The van der Waals surface area contributed by atoms with Crippen molar-refractivity contribution in [3.05, 3.63) is 12.2 Å². The molecule has 3 amide bonds. The van der Waals surface area contributed by atoms with Gasteiger partial charge in [-0.1, -0.05) is 0 Å². The molecule has 0 fully saturated rings. The molecule has 13 heteroatoms. The van der Waals surface area contributed by atoms with E-state index in [0.717, 1.165) is 4.90 Å². The number of imide groups is 1. The highest BCUT2D eigenvalue weighted by atomic mass is 19.4. The van der Waals surface area contributed by atoms with Crippen LogP contribution in [0.1, 0.15) is 6.42 Å². The van der Waals surface area contributed by atoms with E-state index in [1.165, 1.54) is 12.2 Å². The maximum atomic E-state index is 11.5. The summed E-state index contributed by atoms with van der Waals surface area (Å²) in [5.41, 5.74) is 5.25. The van der Waals surface area contributed by atoms with Gasteiger partial charge in [0.25, 0.3) is 11.8 Å². The lowest BCUT2D eigenvalue weighted by molar-refractivity contribution is -0.192. The molecule has 0 aromatic rings. The number of carbonyl (C=O) groups excluding carboxylic acids is 3. The summed E-state index contributed by atoms with van der Waals surface area (Å²) in [4.78, 5) is 43.9. The molecule has 1 rings (SSSR count). The molecule has 0 saturated heterocycles. The number of rotatable bonds is 11. The molecule has 1 aliphatic rings. The molecule has 4 N–H and O–H groups in total. The summed E-state index contributed by atoms with van der Waals surface area (Å²) >= 11 is 0. The molecule has 10 nitrogen and oxygen atoms in total. The number of ether oxygens (including phenoxy) is 2. The van der Waals surface area contributed by atoms with Crippen molar-refractivity contribution in [2.24, 2.45) is 5.73 Å². The molecule has 1 aliphatic heterocycles. The van der Waals surface area contributed by atoms with Crippen molar-refractivity contribution in [2.75, 3.05) is 46.1 Å². The smallest absolute Gasteiger partial charge is 0.475 e. The van der Waals surface area contributed by atoms with Crippen molar-refractivity contribution in [2.45, 2.75) is 12.6 Å². The fourth-order valence-corrected chi connectivity index (χ4v) is 1.62. The number of aliphatic carboxylic acids is 1. The molecule has 0 aromatic carbocycles. The second-order valence-corrected chi connectivity index (χ2v) is 5.08. The quantitative estimate of drug-likeness (QED) is 0.290. The SMILES string of the molecule is NCCOCCOCCNC(=O)CCN1C(=O)C=CC1=O.O=C(O)C(F)(F)F. The summed E-state index contributed by atoms with van der Waals surface area (Å²) in [6, 6.07) is 0. The number of hydrogen-bond acceptors (Lipinski definition) is 7. The number of nitrogens with two attached hydrogens (primary N) is 1. The van der Waals surface area contributed by atoms with Crippen LogP contribution in [0.5, 0.6) is 0 Å². The van der Waals surface area contributed by atoms with Gasteiger partial charge in [-0.25, -0.2) is 4.79 Å². The van der Waals surface area contributed by atoms with E-state index in [1.54, 1.807) is 0 Å². The minimum atomic E-state index is -5.08. The predicted molar refractivity (Wildman–Crippen MR) is 87.9 cm³/mol. The summed E-state index contributed by atoms with van der Waals surface area (Å²) < 4.78 is 42.1. The largest absolute Gasteiger partial charge is 0.490 e. The highest BCUT2D eigenvalue weighted by molar-refractivity contribution is 6.13. The molecule has 0 bridgehead atoms. The van der Waals surface area contributed by atoms with Gasteiger partial charge in [0.15, 0.2) is 0 Å². The fourth-order valence-electron chi connectivity index (χ4n) is 1.62. The van der Waals surface area contributed by atoms with Gasteiger partial charge in [0.05, 0.1) is 26.4 Å². The third-order valence-electron chi connectivity index (χ3n) is 2.91. The van der Waals surface area contributed by atoms with Gasteiger partial charge in [-0.15, -0.1) is 0 Å². The van der Waals surface area contributed by atoms with Crippen LogP contribution in [0.3, 0.4) is 0 Å². The number of hydrogen-bond donors (Lipinski definition) is 3. The Morgan fingerprint density at radius 1 is 1.07 bits per heavy atom. The van der Waals surface area contributed by atoms with Crippen molar-refractivity contribution in [1.82, 2.24) is 10.2 Å². The second kappa shape index (κ2) is 13.6. The number of carboxylic acid groups (broad SMARTS) is 1. The second-order valence-electron chi connectivity index (χ2n) is 5.08. The van der Waals surface area contributed by atoms with Gasteiger partial charge in [-0.05, 0) is 0 Å². The number of nitrogens with one attached hydrogen (secondary N) is 1. The van der Waals surface area contributed by atoms with Crippen molar-refractivity contribution in [3.8, 4) is 0 Å². The number of carboxylic acids is 1. The number of carbonyl (C=O) groups is 4. The van der Waals surface area contributed by atoms with Gasteiger partial charge < -0.3 is 25.6 Å². The number of nitrogens with zero attached hydrogens (tertiary/aromatic N) is 1. The van der Waals surface area contributed by atoms with Crippen LogP contribution < -0.4 is 11.1 Å². The normalized spacial score (nSPS) is 13.4. The number of alkyl halides is 3. The van der Waals surface area contributed by atoms with Crippen molar-refractivity contribution in [3.63, 3.8) is 0 Å². The maximum absolute atomic E-state index is 11.5. The lowest BCUT2D eigenvalue weighted by Crippen LogP contribution is -2.35. The highest BCUT2D eigenvalue weighted by Crippen LogP contribution is 2.13. The summed E-state index contributed by atoms with van der Waals surface area (Å²) in [5.74, 6) is -3.75. The molecular formula is C15H22F3N3O7. The molecule has 1 heterocycles. The van der Waals surface area contributed by atoms with Crippen LogP contribution in [0.4, 0.5) is 13.2 Å². The van der Waals surface area contributed by atoms with Crippen LogP contribution in [0.2, 0.25) is 0 Å². The van der Waals surface area contributed by atoms with Gasteiger partial charge in [-0.3, -0.25) is 19.3 Å². The van der Waals surface area contributed by atoms with E-state index in [0.29, 0.717) is 39.5 Å². The lowest BCUT2D eigenvalue weighted by atomic mass is 10.3. The molecule has 0 aromatic heterocycles. The summed E-state index contributed by atoms with van der Waals surface area (Å²) in [5, 5.41) is 9.77. The zero-order chi connectivity index (χ0) is 21.6. The van der Waals surface area contributed by atoms with E-state index in [-0.39, 0.29) is 30.7 Å². The number of amides is 3. The van der Waals surface area contributed by atoms with E-state index in [4.69, 9.17) is 25.1 Å². The van der Waals surface area contributed by atoms with Crippen LogP contribution in [0.25, 0.3) is 0 Å². The van der Waals surface area contributed by atoms with Crippen LogP contribution in [0, 0.1) is 0 Å². The summed E-state index contributed by atoms with van der Waals surface area (Å²) in [6.45, 7) is 2.73. The number of halogens is 3. The Balaban J connectivity index is 0.000000887. The topological polar surface area (TPSA) is 148 Å². The van der Waals surface area contributed by atoms with E-state index >= 15 is 0 Å². The predicted octanol–water partition coefficient (Wildman–Crippen LogP) is -0.957. The molecule has 0 spiro atoms. The summed E-state index contributed by atoms with van der Waals surface area (Å²) in [6.07, 6.45) is -2.61. The Morgan fingerprint density at radius 3 is 2.04 bits per heavy atom. The zero-order valence-electron chi connectivity index (χ0n) is 14.9. The average Bonchev–Trinajstić information content (AvgIpc) is 2.93. The first-order valence-electron chi connectivity index (χ1n) is 8.05. The molecule has 160 valence electrons. The van der Waals surface area contributed by atoms with Crippen LogP contribution in [-0.2, 0) is 28.7 Å². The van der Waals surface area contributed by atoms with Gasteiger partial charge in [0.2, 0.25) is 5.91 Å². The van der Waals surface area contributed by atoms with Crippen LogP contribution in [-0.4, -0.2) is 85.9 Å². The van der Waals surface area contributed by atoms with Crippen LogP contribution >= 0.6 is 0 Å². The monoisotopic (exact) mass is 413 g/mol. The highest BCUT2D eigenvalue weighted by Gasteiger charge is 2.38. The Morgan fingerprint density at radius 2 is 1.57 bits per heavy atom. The molecular weight excluding hydrogens is 391 g/mol. The molecule has 0 atom stereocenters. The first-order chi connectivity index (χ1) is 13.1. The van der Waals surface area contributed by atoms with E-state index in [9.17, 15) is 27.6 Å². The van der Waals surface area contributed by atoms with Gasteiger partial charge in [0.1, 0.15) is 0 Å². The maximum Gasteiger partial charge on any atom is 0.490 e. The molecule has 0 radical (unpaired) electrons. The summed E-state index contributed by atoms with van der Waals surface area (Å²) in [7, 11) is 0.